The number of nitrogens with one attached hydrogen (secondary N) is 1. The van der Waals surface area contributed by atoms with Crippen LogP contribution in [0.3, 0.4) is 0 Å². The van der Waals surface area contributed by atoms with Gasteiger partial charge in [-0.25, -0.2) is 0 Å². The van der Waals surface area contributed by atoms with Crippen molar-refractivity contribution in [2.45, 2.75) is 69.9 Å². The van der Waals surface area contributed by atoms with E-state index in [1.165, 1.54) is 32.1 Å². The molecule has 3 nitrogen and oxygen atoms in total. The number of nitrogens with two attached hydrogens (primary N) is 1. The predicted molar refractivity (Wildman–Crippen MR) is 64.9 cm³/mol. The molecule has 2 aliphatic carbocycles. The zero-order valence-electron chi connectivity index (χ0n) is 10.3. The van der Waals surface area contributed by atoms with E-state index in [1.807, 2.05) is 0 Å². The lowest BCUT2D eigenvalue weighted by Crippen LogP contribution is -2.60. The third-order valence-electron chi connectivity index (χ3n) is 4.41. The van der Waals surface area contributed by atoms with Crippen molar-refractivity contribution in [1.29, 1.82) is 0 Å². The summed E-state index contributed by atoms with van der Waals surface area (Å²) in [7, 11) is 0. The first-order chi connectivity index (χ1) is 7.62. The number of carbonyl (C=O) groups is 1. The maximum atomic E-state index is 12.0. The van der Waals surface area contributed by atoms with E-state index in [-0.39, 0.29) is 5.91 Å². The Morgan fingerprint density at radius 3 is 2.38 bits per heavy atom. The second-order valence-electron chi connectivity index (χ2n) is 5.67. The second-order valence-corrected chi connectivity index (χ2v) is 5.67. The molecule has 0 radical (unpaired) electrons. The van der Waals surface area contributed by atoms with Gasteiger partial charge in [0.05, 0.1) is 5.54 Å². The summed E-state index contributed by atoms with van der Waals surface area (Å²) in [5.74, 6) is 0.748. The standard InChI is InChI=1S/C13H24N2O/c1-10(11-6-3-2-4-7-11)15-12(16)13(14)8-5-9-13/h10-11H,2-9,14H2,1H3,(H,15,16). The Labute approximate surface area is 98.2 Å². The number of carbonyl (C=O) groups excluding carboxylic acids is 1. The van der Waals surface area contributed by atoms with E-state index in [9.17, 15) is 4.79 Å². The van der Waals surface area contributed by atoms with Crippen LogP contribution in [-0.4, -0.2) is 17.5 Å². The van der Waals surface area contributed by atoms with E-state index in [1.54, 1.807) is 0 Å². The van der Waals surface area contributed by atoms with Gasteiger partial charge < -0.3 is 11.1 Å². The monoisotopic (exact) mass is 224 g/mol. The number of hydrogen-bond acceptors (Lipinski definition) is 2. The average Bonchev–Trinajstić information content (AvgIpc) is 2.27. The van der Waals surface area contributed by atoms with Crippen molar-refractivity contribution in [3.63, 3.8) is 0 Å². The summed E-state index contributed by atoms with van der Waals surface area (Å²) in [4.78, 5) is 12.0. The molecule has 0 heterocycles. The summed E-state index contributed by atoms with van der Waals surface area (Å²) in [5.41, 5.74) is 5.47. The number of amides is 1. The van der Waals surface area contributed by atoms with Crippen LogP contribution in [0.2, 0.25) is 0 Å². The van der Waals surface area contributed by atoms with E-state index in [4.69, 9.17) is 5.73 Å². The van der Waals surface area contributed by atoms with E-state index >= 15 is 0 Å². The third-order valence-corrected chi connectivity index (χ3v) is 4.41. The predicted octanol–water partition coefficient (Wildman–Crippen LogP) is 1.95. The Morgan fingerprint density at radius 2 is 1.88 bits per heavy atom. The van der Waals surface area contributed by atoms with Crippen LogP contribution in [0.1, 0.15) is 58.3 Å². The normalized spacial score (nSPS) is 26.9. The molecule has 16 heavy (non-hydrogen) atoms. The summed E-state index contributed by atoms with van der Waals surface area (Å²) < 4.78 is 0. The Bertz CT molecular complexity index is 255. The summed E-state index contributed by atoms with van der Waals surface area (Å²) in [5, 5.41) is 3.13. The molecule has 2 saturated carbocycles. The van der Waals surface area contributed by atoms with Gasteiger partial charge in [-0.2, -0.15) is 0 Å². The molecule has 3 heteroatoms. The second kappa shape index (κ2) is 4.74. The number of hydrogen-bond donors (Lipinski definition) is 2. The largest absolute Gasteiger partial charge is 0.352 e. The maximum Gasteiger partial charge on any atom is 0.240 e. The third kappa shape index (κ3) is 2.40. The Hall–Kier alpha value is -0.570. The van der Waals surface area contributed by atoms with E-state index in [0.717, 1.165) is 19.3 Å². The van der Waals surface area contributed by atoms with Gasteiger partial charge in [0.1, 0.15) is 0 Å². The molecule has 0 aromatic rings. The van der Waals surface area contributed by atoms with Crippen molar-refractivity contribution in [2.75, 3.05) is 0 Å². The molecule has 1 unspecified atom stereocenters. The van der Waals surface area contributed by atoms with Crippen molar-refractivity contribution in [2.24, 2.45) is 11.7 Å². The molecular formula is C13H24N2O. The minimum absolute atomic E-state index is 0.0804. The Morgan fingerprint density at radius 1 is 1.25 bits per heavy atom. The molecule has 1 amide bonds. The minimum Gasteiger partial charge on any atom is -0.352 e. The molecule has 0 aromatic heterocycles. The van der Waals surface area contributed by atoms with Gasteiger partial charge in [-0.1, -0.05) is 19.3 Å². The van der Waals surface area contributed by atoms with Crippen LogP contribution in [0.15, 0.2) is 0 Å². The van der Waals surface area contributed by atoms with Crippen LogP contribution in [0.5, 0.6) is 0 Å². The SMILES string of the molecule is CC(NC(=O)C1(N)CCC1)C1CCCCC1. The van der Waals surface area contributed by atoms with E-state index in [0.29, 0.717) is 12.0 Å². The molecule has 3 N–H and O–H groups in total. The number of rotatable bonds is 3. The highest BCUT2D eigenvalue weighted by atomic mass is 16.2. The van der Waals surface area contributed by atoms with Crippen molar-refractivity contribution in [3.05, 3.63) is 0 Å². The van der Waals surface area contributed by atoms with Gasteiger partial charge in [0.25, 0.3) is 0 Å². The van der Waals surface area contributed by atoms with Crippen LogP contribution in [0.4, 0.5) is 0 Å². The van der Waals surface area contributed by atoms with E-state index < -0.39 is 5.54 Å². The topological polar surface area (TPSA) is 55.1 Å². The molecule has 0 aromatic carbocycles. The highest BCUT2D eigenvalue weighted by Crippen LogP contribution is 2.30. The minimum atomic E-state index is -0.539. The van der Waals surface area contributed by atoms with Gasteiger partial charge in [0, 0.05) is 6.04 Å². The van der Waals surface area contributed by atoms with E-state index in [2.05, 4.69) is 12.2 Å². The molecule has 92 valence electrons. The first-order valence-electron chi connectivity index (χ1n) is 6.72. The lowest BCUT2D eigenvalue weighted by atomic mass is 9.76. The van der Waals surface area contributed by atoms with Crippen LogP contribution in [0, 0.1) is 5.92 Å². The van der Waals surface area contributed by atoms with Crippen LogP contribution < -0.4 is 11.1 Å². The Balaban J connectivity index is 1.81. The summed E-state index contributed by atoms with van der Waals surface area (Å²) in [6, 6.07) is 0.300. The van der Waals surface area contributed by atoms with Crippen LogP contribution >= 0.6 is 0 Å². The molecule has 1 atom stereocenters. The highest BCUT2D eigenvalue weighted by molar-refractivity contribution is 5.87. The van der Waals surface area contributed by atoms with Crippen molar-refractivity contribution in [3.8, 4) is 0 Å². The fourth-order valence-corrected chi connectivity index (χ4v) is 2.89. The zero-order valence-corrected chi connectivity index (χ0v) is 10.3. The fourth-order valence-electron chi connectivity index (χ4n) is 2.89. The van der Waals surface area contributed by atoms with Gasteiger partial charge in [-0.15, -0.1) is 0 Å². The van der Waals surface area contributed by atoms with Crippen molar-refractivity contribution in [1.82, 2.24) is 5.32 Å². The highest BCUT2D eigenvalue weighted by Gasteiger charge is 2.40. The zero-order chi connectivity index (χ0) is 11.6. The molecule has 2 rings (SSSR count). The molecule has 0 saturated heterocycles. The molecule has 0 aliphatic heterocycles. The summed E-state index contributed by atoms with van der Waals surface area (Å²) in [6.45, 7) is 2.13. The van der Waals surface area contributed by atoms with Gasteiger partial charge in [0.2, 0.25) is 5.91 Å². The molecule has 2 aliphatic rings. The van der Waals surface area contributed by atoms with Gasteiger partial charge in [-0.3, -0.25) is 4.79 Å². The Kier molecular flexibility index (Phi) is 3.53. The quantitative estimate of drug-likeness (QED) is 0.770. The summed E-state index contributed by atoms with van der Waals surface area (Å²) in [6.07, 6.45) is 9.33. The average molecular weight is 224 g/mol. The smallest absolute Gasteiger partial charge is 0.240 e. The van der Waals surface area contributed by atoms with Crippen LogP contribution in [-0.2, 0) is 4.79 Å². The fraction of sp³-hybridized carbons (Fsp3) is 0.923. The van der Waals surface area contributed by atoms with Crippen LogP contribution in [0.25, 0.3) is 0 Å². The maximum absolute atomic E-state index is 12.0. The van der Waals surface area contributed by atoms with Crippen molar-refractivity contribution >= 4 is 5.91 Å². The van der Waals surface area contributed by atoms with Gasteiger partial charge >= 0.3 is 0 Å². The summed E-state index contributed by atoms with van der Waals surface area (Å²) >= 11 is 0. The molecule has 0 bridgehead atoms. The first-order valence-corrected chi connectivity index (χ1v) is 6.72. The molecule has 2 fully saturated rings. The van der Waals surface area contributed by atoms with Gasteiger partial charge in [-0.05, 0) is 44.9 Å². The molecule has 0 spiro atoms. The lowest BCUT2D eigenvalue weighted by Gasteiger charge is -2.38. The molecular weight excluding hydrogens is 200 g/mol. The lowest BCUT2D eigenvalue weighted by molar-refractivity contribution is -0.130. The first kappa shape index (κ1) is 11.9. The van der Waals surface area contributed by atoms with Crippen molar-refractivity contribution < 1.29 is 4.79 Å². The van der Waals surface area contributed by atoms with Gasteiger partial charge in [0.15, 0.2) is 0 Å².